The fourth-order valence-electron chi connectivity index (χ4n) is 6.83. The maximum absolute atomic E-state index is 13.6. The van der Waals surface area contributed by atoms with Crippen LogP contribution in [0.5, 0.6) is 0 Å². The van der Waals surface area contributed by atoms with Crippen LogP contribution in [-0.4, -0.2) is 93.5 Å². The van der Waals surface area contributed by atoms with Gasteiger partial charge in [0.1, 0.15) is 12.6 Å². The van der Waals surface area contributed by atoms with Crippen molar-refractivity contribution >= 4 is 29.3 Å². The fraction of sp³-hybridized carbons (Fsp3) is 0.621. The summed E-state index contributed by atoms with van der Waals surface area (Å²) in [5, 5.41) is 9.30. The summed E-state index contributed by atoms with van der Waals surface area (Å²) in [6.45, 7) is 0.789. The van der Waals surface area contributed by atoms with Crippen LogP contribution >= 0.6 is 0 Å². The van der Waals surface area contributed by atoms with Gasteiger partial charge in [-0.15, -0.1) is 0 Å². The first kappa shape index (κ1) is 26.5. The van der Waals surface area contributed by atoms with Gasteiger partial charge in [0, 0.05) is 36.7 Å². The molecule has 0 unspecified atom stereocenters. The van der Waals surface area contributed by atoms with Gasteiger partial charge in [-0.25, -0.2) is 0 Å². The quantitative estimate of drug-likeness (QED) is 0.586. The zero-order valence-electron chi connectivity index (χ0n) is 21.8. The van der Waals surface area contributed by atoms with Crippen molar-refractivity contribution in [3.8, 4) is 0 Å². The molecule has 204 valence electrons. The zero-order chi connectivity index (χ0) is 26.8. The van der Waals surface area contributed by atoms with E-state index in [2.05, 4.69) is 0 Å². The van der Waals surface area contributed by atoms with Crippen molar-refractivity contribution in [1.29, 1.82) is 0 Å². The molecule has 38 heavy (non-hydrogen) atoms. The lowest BCUT2D eigenvalue weighted by atomic mass is 9.95. The van der Waals surface area contributed by atoms with Crippen LogP contribution in [0.15, 0.2) is 24.3 Å². The van der Waals surface area contributed by atoms with E-state index in [1.54, 1.807) is 34.1 Å². The number of rotatable bonds is 7. The molecule has 3 saturated heterocycles. The van der Waals surface area contributed by atoms with Crippen LogP contribution in [0, 0.1) is 5.92 Å². The van der Waals surface area contributed by atoms with Crippen LogP contribution in [0.1, 0.15) is 84.9 Å². The Kier molecular flexibility index (Phi) is 7.93. The molecule has 1 aromatic carbocycles. The van der Waals surface area contributed by atoms with Gasteiger partial charge in [-0.2, -0.15) is 0 Å². The molecule has 0 bridgehead atoms. The number of benzene rings is 1. The average molecular weight is 524 g/mol. The SMILES string of the molecule is O=C(CO)[C@@H]1CCCN1C(=O)[C@@H]1CCCN1C(=O)c1cccc(C(=O)N2CCC[C@H]2C(=O)C2CCCC2)c1. The molecule has 1 aliphatic carbocycles. The Morgan fingerprint density at radius 3 is 1.82 bits per heavy atom. The maximum Gasteiger partial charge on any atom is 0.254 e. The van der Waals surface area contributed by atoms with E-state index in [1.807, 2.05) is 0 Å². The number of hydrogen-bond donors (Lipinski definition) is 1. The van der Waals surface area contributed by atoms with Crippen molar-refractivity contribution < 1.29 is 29.1 Å². The summed E-state index contributed by atoms with van der Waals surface area (Å²) < 4.78 is 0. The zero-order valence-corrected chi connectivity index (χ0v) is 21.8. The van der Waals surface area contributed by atoms with Gasteiger partial charge >= 0.3 is 0 Å². The van der Waals surface area contributed by atoms with Crippen LogP contribution in [0.2, 0.25) is 0 Å². The van der Waals surface area contributed by atoms with Crippen molar-refractivity contribution in [3.63, 3.8) is 0 Å². The first-order valence-corrected chi connectivity index (χ1v) is 14.1. The van der Waals surface area contributed by atoms with Gasteiger partial charge in [0.05, 0.1) is 12.1 Å². The number of nitrogens with zero attached hydrogens (tertiary/aromatic N) is 3. The van der Waals surface area contributed by atoms with Crippen LogP contribution in [0.25, 0.3) is 0 Å². The Labute approximate surface area is 223 Å². The largest absolute Gasteiger partial charge is 0.389 e. The second kappa shape index (κ2) is 11.4. The van der Waals surface area contributed by atoms with Crippen LogP contribution in [0.4, 0.5) is 0 Å². The standard InChI is InChI=1S/C29H37N3O6/c33-18-25(34)22-11-4-14-30(22)29(38)24-13-6-16-32(24)28(37)21-10-3-9-20(17-21)27(36)31-15-5-12-23(31)26(35)19-7-1-2-8-19/h3,9-10,17,19,22-24,33H,1-2,4-8,11-16,18H2/t22-,23-,24-/m0/s1. The van der Waals surface area contributed by atoms with E-state index in [4.69, 9.17) is 0 Å². The maximum atomic E-state index is 13.6. The summed E-state index contributed by atoms with van der Waals surface area (Å²) in [7, 11) is 0. The molecule has 4 fully saturated rings. The highest BCUT2D eigenvalue weighted by molar-refractivity contribution is 6.03. The van der Waals surface area contributed by atoms with Crippen molar-refractivity contribution in [3.05, 3.63) is 35.4 Å². The van der Waals surface area contributed by atoms with E-state index < -0.39 is 18.7 Å². The van der Waals surface area contributed by atoms with Crippen molar-refractivity contribution in [2.45, 2.75) is 82.3 Å². The normalized spacial score (nSPS) is 25.8. The second-order valence-corrected chi connectivity index (χ2v) is 11.1. The highest BCUT2D eigenvalue weighted by Crippen LogP contribution is 2.32. The van der Waals surface area contributed by atoms with E-state index in [0.717, 1.165) is 32.1 Å². The highest BCUT2D eigenvalue weighted by atomic mass is 16.3. The number of amides is 3. The molecule has 1 N–H and O–H groups in total. The molecular formula is C29H37N3O6. The fourth-order valence-corrected chi connectivity index (χ4v) is 6.83. The molecule has 9 heteroatoms. The van der Waals surface area contributed by atoms with Gasteiger partial charge in [-0.05, 0) is 69.6 Å². The van der Waals surface area contributed by atoms with E-state index >= 15 is 0 Å². The molecule has 3 atom stereocenters. The van der Waals surface area contributed by atoms with Crippen LogP contribution in [-0.2, 0) is 14.4 Å². The van der Waals surface area contributed by atoms with E-state index in [-0.39, 0.29) is 41.2 Å². The lowest BCUT2D eigenvalue weighted by molar-refractivity contribution is -0.141. The molecule has 3 amide bonds. The number of hydrogen-bond acceptors (Lipinski definition) is 6. The number of carbonyl (C=O) groups is 5. The van der Waals surface area contributed by atoms with E-state index in [1.165, 1.54) is 4.90 Å². The van der Waals surface area contributed by atoms with E-state index in [9.17, 15) is 29.1 Å². The molecular weight excluding hydrogens is 486 g/mol. The molecule has 1 saturated carbocycles. The van der Waals surface area contributed by atoms with Gasteiger partial charge in [0.15, 0.2) is 11.6 Å². The van der Waals surface area contributed by atoms with Crippen LogP contribution in [0.3, 0.4) is 0 Å². The summed E-state index contributed by atoms with van der Waals surface area (Å²) in [6.07, 6.45) is 7.82. The molecule has 3 aliphatic heterocycles. The molecule has 4 aliphatic rings. The molecule has 0 aromatic heterocycles. The Balaban J connectivity index is 1.30. The molecule has 0 radical (unpaired) electrons. The summed E-state index contributed by atoms with van der Waals surface area (Å²) >= 11 is 0. The Hall–Kier alpha value is -3.07. The van der Waals surface area contributed by atoms with Gasteiger partial charge in [-0.1, -0.05) is 18.9 Å². The monoisotopic (exact) mass is 523 g/mol. The minimum absolute atomic E-state index is 0.0498. The number of carbonyl (C=O) groups excluding carboxylic acids is 5. The number of aliphatic hydroxyl groups is 1. The third-order valence-corrected chi connectivity index (χ3v) is 8.82. The molecule has 5 rings (SSSR count). The second-order valence-electron chi connectivity index (χ2n) is 11.1. The van der Waals surface area contributed by atoms with Gasteiger partial charge < -0.3 is 19.8 Å². The van der Waals surface area contributed by atoms with Crippen LogP contribution < -0.4 is 0 Å². The van der Waals surface area contributed by atoms with Gasteiger partial charge in [-0.3, -0.25) is 24.0 Å². The summed E-state index contributed by atoms with van der Waals surface area (Å²) in [6, 6.07) is 4.89. The van der Waals surface area contributed by atoms with Crippen molar-refractivity contribution in [2.24, 2.45) is 5.92 Å². The van der Waals surface area contributed by atoms with E-state index in [0.29, 0.717) is 62.9 Å². The predicted octanol–water partition coefficient (Wildman–Crippen LogP) is 2.21. The summed E-state index contributed by atoms with van der Waals surface area (Å²) in [5.74, 6) is -0.945. The minimum atomic E-state index is -0.666. The van der Waals surface area contributed by atoms with Gasteiger partial charge in [0.25, 0.3) is 11.8 Å². The smallest absolute Gasteiger partial charge is 0.254 e. The number of ketones is 2. The Bertz CT molecular complexity index is 1110. The molecule has 3 heterocycles. The molecule has 1 aromatic rings. The molecule has 9 nitrogen and oxygen atoms in total. The number of Topliss-reactive ketones (excluding diaryl/α,β-unsaturated/α-hetero) is 2. The number of aliphatic hydroxyl groups excluding tert-OH is 1. The Morgan fingerprint density at radius 2 is 1.21 bits per heavy atom. The van der Waals surface area contributed by atoms with Crippen molar-refractivity contribution in [1.82, 2.24) is 14.7 Å². The summed E-state index contributed by atoms with van der Waals surface area (Å²) in [4.78, 5) is 70.4. The lowest BCUT2D eigenvalue weighted by Gasteiger charge is -2.31. The Morgan fingerprint density at radius 1 is 0.684 bits per heavy atom. The molecule has 0 spiro atoms. The first-order chi connectivity index (χ1) is 18.4. The number of likely N-dealkylation sites (tertiary alicyclic amines) is 3. The average Bonchev–Trinajstić information content (AvgIpc) is 3.77. The van der Waals surface area contributed by atoms with Crippen molar-refractivity contribution in [2.75, 3.05) is 26.2 Å². The summed E-state index contributed by atoms with van der Waals surface area (Å²) in [5.41, 5.74) is 0.704. The first-order valence-electron chi connectivity index (χ1n) is 14.1. The third-order valence-electron chi connectivity index (χ3n) is 8.82. The predicted molar refractivity (Wildman–Crippen MR) is 138 cm³/mol. The third kappa shape index (κ3) is 5.00. The topological polar surface area (TPSA) is 115 Å². The minimum Gasteiger partial charge on any atom is -0.389 e. The lowest BCUT2D eigenvalue weighted by Crippen LogP contribution is -2.51. The highest BCUT2D eigenvalue weighted by Gasteiger charge is 2.42. The van der Waals surface area contributed by atoms with Gasteiger partial charge in [0.2, 0.25) is 5.91 Å².